The molecule has 104 valence electrons. The summed E-state index contributed by atoms with van der Waals surface area (Å²) in [6.07, 6.45) is 0.184. The van der Waals surface area contributed by atoms with Crippen LogP contribution in [0.15, 0.2) is 22.7 Å². The van der Waals surface area contributed by atoms with Crippen LogP contribution in [0.5, 0.6) is 0 Å². The largest absolute Gasteiger partial charge is 0.480 e. The molecular formula is C12H13BrClNO4. The van der Waals surface area contributed by atoms with Crippen LogP contribution in [0.1, 0.15) is 16.8 Å². The molecule has 0 fully saturated rings. The van der Waals surface area contributed by atoms with Crippen LogP contribution >= 0.6 is 27.5 Å². The Morgan fingerprint density at radius 2 is 2.21 bits per heavy atom. The van der Waals surface area contributed by atoms with Gasteiger partial charge in [-0.05, 0) is 28.1 Å². The molecule has 19 heavy (non-hydrogen) atoms. The van der Waals surface area contributed by atoms with E-state index in [9.17, 15) is 9.59 Å². The van der Waals surface area contributed by atoms with Crippen LogP contribution in [0.4, 0.5) is 0 Å². The topological polar surface area (TPSA) is 75.6 Å². The SMILES string of the molecule is COCCC(NC(=O)c1cccc(Br)c1Cl)C(=O)O. The summed E-state index contributed by atoms with van der Waals surface area (Å²) in [5.74, 6) is -1.65. The van der Waals surface area contributed by atoms with Gasteiger partial charge < -0.3 is 15.2 Å². The Morgan fingerprint density at radius 1 is 1.53 bits per heavy atom. The van der Waals surface area contributed by atoms with E-state index in [0.29, 0.717) is 4.47 Å². The highest BCUT2D eigenvalue weighted by Gasteiger charge is 2.21. The smallest absolute Gasteiger partial charge is 0.326 e. The summed E-state index contributed by atoms with van der Waals surface area (Å²) in [5, 5.41) is 11.7. The minimum absolute atomic E-state index is 0.184. The molecule has 1 atom stereocenters. The average Bonchev–Trinajstić information content (AvgIpc) is 2.37. The lowest BCUT2D eigenvalue weighted by molar-refractivity contribution is -0.139. The van der Waals surface area contributed by atoms with Crippen LogP contribution < -0.4 is 5.32 Å². The van der Waals surface area contributed by atoms with Crippen molar-refractivity contribution >= 4 is 39.4 Å². The molecule has 2 N–H and O–H groups in total. The van der Waals surface area contributed by atoms with Crippen molar-refractivity contribution in [3.05, 3.63) is 33.3 Å². The number of carbonyl (C=O) groups is 2. The summed E-state index contributed by atoms with van der Waals surface area (Å²) in [5.41, 5.74) is 0.222. The van der Waals surface area contributed by atoms with Crippen LogP contribution in [-0.4, -0.2) is 36.7 Å². The fraction of sp³-hybridized carbons (Fsp3) is 0.333. The average molecular weight is 351 g/mol. The monoisotopic (exact) mass is 349 g/mol. The molecule has 0 aromatic heterocycles. The molecule has 1 aromatic carbocycles. The first-order chi connectivity index (χ1) is 8.97. The molecule has 1 aromatic rings. The van der Waals surface area contributed by atoms with E-state index in [2.05, 4.69) is 21.2 Å². The van der Waals surface area contributed by atoms with Gasteiger partial charge in [-0.3, -0.25) is 4.79 Å². The van der Waals surface area contributed by atoms with Crippen molar-refractivity contribution in [2.75, 3.05) is 13.7 Å². The second kappa shape index (κ2) is 7.47. The molecule has 5 nitrogen and oxygen atoms in total. The number of carboxylic acid groups (broad SMARTS) is 1. The number of aliphatic carboxylic acids is 1. The number of carbonyl (C=O) groups excluding carboxylic acids is 1. The number of benzene rings is 1. The summed E-state index contributed by atoms with van der Waals surface area (Å²) in [6.45, 7) is 0.240. The van der Waals surface area contributed by atoms with Crippen molar-refractivity contribution in [1.82, 2.24) is 5.32 Å². The molecular weight excluding hydrogens is 337 g/mol. The van der Waals surface area contributed by atoms with Gasteiger partial charge in [0.1, 0.15) is 6.04 Å². The van der Waals surface area contributed by atoms with E-state index in [4.69, 9.17) is 21.4 Å². The van der Waals surface area contributed by atoms with E-state index in [1.165, 1.54) is 13.2 Å². The Hall–Kier alpha value is -1.11. The first-order valence-electron chi connectivity index (χ1n) is 5.44. The highest BCUT2D eigenvalue weighted by molar-refractivity contribution is 9.10. The predicted octanol–water partition coefficient (Wildman–Crippen LogP) is 2.32. The van der Waals surface area contributed by atoms with Gasteiger partial charge in [0.05, 0.1) is 10.6 Å². The third-order valence-corrected chi connectivity index (χ3v) is 3.71. The van der Waals surface area contributed by atoms with E-state index >= 15 is 0 Å². The van der Waals surface area contributed by atoms with Gasteiger partial charge in [0.2, 0.25) is 0 Å². The normalized spacial score (nSPS) is 11.9. The summed E-state index contributed by atoms with van der Waals surface area (Å²) in [4.78, 5) is 23.0. The second-order valence-electron chi connectivity index (χ2n) is 3.75. The van der Waals surface area contributed by atoms with E-state index < -0.39 is 17.9 Å². The summed E-state index contributed by atoms with van der Waals surface area (Å²) in [7, 11) is 1.46. The quantitative estimate of drug-likeness (QED) is 0.825. The molecule has 0 aliphatic rings. The number of rotatable bonds is 6. The molecule has 0 aliphatic carbocycles. The minimum Gasteiger partial charge on any atom is -0.480 e. The highest BCUT2D eigenvalue weighted by atomic mass is 79.9. The van der Waals surface area contributed by atoms with E-state index in [-0.39, 0.29) is 23.6 Å². The number of nitrogens with one attached hydrogen (secondary N) is 1. The molecule has 7 heteroatoms. The maximum absolute atomic E-state index is 12.0. The first-order valence-corrected chi connectivity index (χ1v) is 6.61. The lowest BCUT2D eigenvalue weighted by Gasteiger charge is -2.14. The first kappa shape index (κ1) is 15.9. The maximum atomic E-state index is 12.0. The fourth-order valence-electron chi connectivity index (χ4n) is 1.41. The minimum atomic E-state index is -1.11. The molecule has 0 saturated heterocycles. The van der Waals surface area contributed by atoms with Crippen LogP contribution in [0.2, 0.25) is 5.02 Å². The van der Waals surface area contributed by atoms with Gasteiger partial charge in [0.15, 0.2) is 0 Å². The van der Waals surface area contributed by atoms with Gasteiger partial charge in [-0.25, -0.2) is 4.79 Å². The van der Waals surface area contributed by atoms with Gasteiger partial charge in [-0.15, -0.1) is 0 Å². The molecule has 0 heterocycles. The third kappa shape index (κ3) is 4.49. The number of halogens is 2. The van der Waals surface area contributed by atoms with Crippen molar-refractivity contribution < 1.29 is 19.4 Å². The Balaban J connectivity index is 2.82. The predicted molar refractivity (Wildman–Crippen MR) is 74.5 cm³/mol. The number of carboxylic acids is 1. The molecule has 0 spiro atoms. The van der Waals surface area contributed by atoms with Crippen molar-refractivity contribution in [3.8, 4) is 0 Å². The lowest BCUT2D eigenvalue weighted by atomic mass is 10.1. The highest BCUT2D eigenvalue weighted by Crippen LogP contribution is 2.25. The summed E-state index contributed by atoms with van der Waals surface area (Å²) >= 11 is 9.18. The van der Waals surface area contributed by atoms with Crippen molar-refractivity contribution in [3.63, 3.8) is 0 Å². The number of hydrogen-bond acceptors (Lipinski definition) is 3. The standard InChI is InChI=1S/C12H13BrClNO4/c1-19-6-5-9(12(17)18)15-11(16)7-3-2-4-8(13)10(7)14/h2-4,9H,5-6H2,1H3,(H,15,16)(H,17,18). The van der Waals surface area contributed by atoms with E-state index in [0.717, 1.165) is 0 Å². The van der Waals surface area contributed by atoms with Crippen LogP contribution in [0, 0.1) is 0 Å². The van der Waals surface area contributed by atoms with Crippen molar-refractivity contribution in [2.45, 2.75) is 12.5 Å². The van der Waals surface area contributed by atoms with Crippen LogP contribution in [-0.2, 0) is 9.53 Å². The molecule has 1 unspecified atom stereocenters. The Kier molecular flexibility index (Phi) is 6.27. The zero-order chi connectivity index (χ0) is 14.4. The molecule has 0 aliphatic heterocycles. The maximum Gasteiger partial charge on any atom is 0.326 e. The van der Waals surface area contributed by atoms with Gasteiger partial charge >= 0.3 is 5.97 Å². The molecule has 0 saturated carbocycles. The number of methoxy groups -OCH3 is 1. The Bertz CT molecular complexity index is 481. The van der Waals surface area contributed by atoms with Crippen molar-refractivity contribution in [1.29, 1.82) is 0 Å². The molecule has 0 bridgehead atoms. The van der Waals surface area contributed by atoms with Crippen LogP contribution in [0.25, 0.3) is 0 Å². The molecule has 1 rings (SSSR count). The van der Waals surface area contributed by atoms with Crippen LogP contribution in [0.3, 0.4) is 0 Å². The van der Waals surface area contributed by atoms with Gasteiger partial charge in [0, 0.05) is 24.6 Å². The number of hydrogen-bond donors (Lipinski definition) is 2. The second-order valence-corrected chi connectivity index (χ2v) is 4.98. The zero-order valence-corrected chi connectivity index (χ0v) is 12.5. The lowest BCUT2D eigenvalue weighted by Crippen LogP contribution is -2.41. The third-order valence-electron chi connectivity index (χ3n) is 2.41. The van der Waals surface area contributed by atoms with E-state index in [1.54, 1.807) is 12.1 Å². The molecule has 1 amide bonds. The summed E-state index contributed by atoms with van der Waals surface area (Å²) in [6, 6.07) is 3.86. The van der Waals surface area contributed by atoms with Gasteiger partial charge in [-0.1, -0.05) is 17.7 Å². The van der Waals surface area contributed by atoms with Crippen molar-refractivity contribution in [2.24, 2.45) is 0 Å². The zero-order valence-electron chi connectivity index (χ0n) is 10.2. The van der Waals surface area contributed by atoms with Gasteiger partial charge in [-0.2, -0.15) is 0 Å². The fourth-order valence-corrected chi connectivity index (χ4v) is 1.99. The number of amides is 1. The van der Waals surface area contributed by atoms with E-state index in [1.807, 2.05) is 0 Å². The Labute approximate surface area is 124 Å². The summed E-state index contributed by atoms with van der Waals surface area (Å²) < 4.78 is 5.38. The molecule has 0 radical (unpaired) electrons. The van der Waals surface area contributed by atoms with Gasteiger partial charge in [0.25, 0.3) is 5.91 Å². The Morgan fingerprint density at radius 3 is 2.79 bits per heavy atom. The number of ether oxygens (including phenoxy) is 1.